The number of hydrogen-bond acceptors (Lipinski definition) is 6. The number of primary amides is 1. The van der Waals surface area contributed by atoms with Gasteiger partial charge >= 0.3 is 0 Å². The second-order valence-electron chi connectivity index (χ2n) is 11.0. The summed E-state index contributed by atoms with van der Waals surface area (Å²) in [6.07, 6.45) is -0.561. The van der Waals surface area contributed by atoms with Crippen molar-refractivity contribution >= 4 is 11.8 Å². The number of rotatable bonds is 13. The lowest BCUT2D eigenvalue weighted by Crippen LogP contribution is -2.52. The number of nitrogens with zero attached hydrogens (tertiary/aromatic N) is 1. The van der Waals surface area contributed by atoms with Gasteiger partial charge in [0, 0.05) is 23.7 Å². The number of aliphatic hydroxyl groups excluding tert-OH is 1. The van der Waals surface area contributed by atoms with E-state index in [2.05, 4.69) is 5.32 Å². The van der Waals surface area contributed by atoms with Gasteiger partial charge in [0.1, 0.15) is 17.3 Å². The molecule has 226 valence electrons. The maximum atomic E-state index is 14.4. The summed E-state index contributed by atoms with van der Waals surface area (Å²) >= 11 is 0. The molecule has 3 aromatic carbocycles. The summed E-state index contributed by atoms with van der Waals surface area (Å²) in [5.41, 5.74) is 8.90. The van der Waals surface area contributed by atoms with Gasteiger partial charge in [0.15, 0.2) is 0 Å². The van der Waals surface area contributed by atoms with Crippen molar-refractivity contribution in [3.8, 4) is 5.75 Å². The predicted octanol–water partition coefficient (Wildman–Crippen LogP) is 5.53. The summed E-state index contributed by atoms with van der Waals surface area (Å²) in [6, 6.07) is 24.9. The van der Waals surface area contributed by atoms with Crippen LogP contribution in [0.25, 0.3) is 0 Å². The minimum absolute atomic E-state index is 0.0675. The van der Waals surface area contributed by atoms with Gasteiger partial charge in [-0.2, -0.15) is 0 Å². The molecule has 0 saturated carbocycles. The van der Waals surface area contributed by atoms with Crippen molar-refractivity contribution < 1.29 is 23.8 Å². The zero-order valence-corrected chi connectivity index (χ0v) is 25.4. The normalized spacial score (nSPS) is 14.0. The maximum Gasteiger partial charge on any atom is 0.254 e. The van der Waals surface area contributed by atoms with Crippen LogP contribution >= 0.6 is 0 Å². The van der Waals surface area contributed by atoms with Gasteiger partial charge in [0.25, 0.3) is 5.91 Å². The summed E-state index contributed by atoms with van der Waals surface area (Å²) in [7, 11) is 1.63. The Morgan fingerprint density at radius 2 is 1.63 bits per heavy atom. The Kier molecular flexibility index (Phi) is 10.4. The van der Waals surface area contributed by atoms with E-state index in [0.717, 1.165) is 28.2 Å². The molecule has 43 heavy (non-hydrogen) atoms. The topological polar surface area (TPSA) is 118 Å². The average molecular weight is 584 g/mol. The van der Waals surface area contributed by atoms with E-state index in [1.54, 1.807) is 24.1 Å². The molecule has 4 N–H and O–H groups in total. The molecule has 2 amide bonds. The molecule has 0 bridgehead atoms. The highest BCUT2D eigenvalue weighted by atomic mass is 16.5. The van der Waals surface area contributed by atoms with E-state index in [4.69, 9.17) is 14.9 Å². The van der Waals surface area contributed by atoms with Crippen LogP contribution in [0.15, 0.2) is 89.3 Å². The highest BCUT2D eigenvalue weighted by Crippen LogP contribution is 2.30. The third-order valence-corrected chi connectivity index (χ3v) is 7.77. The Balaban J connectivity index is 1.72. The van der Waals surface area contributed by atoms with Crippen molar-refractivity contribution in [3.63, 3.8) is 0 Å². The number of aryl methyl sites for hydroxylation is 2. The number of methoxy groups -OCH3 is 1. The zero-order chi connectivity index (χ0) is 31.1. The van der Waals surface area contributed by atoms with E-state index in [-0.39, 0.29) is 24.1 Å². The first kappa shape index (κ1) is 31.5. The minimum atomic E-state index is -0.955. The quantitative estimate of drug-likeness (QED) is 0.191. The van der Waals surface area contributed by atoms with Gasteiger partial charge in [-0.3, -0.25) is 9.59 Å². The highest BCUT2D eigenvalue weighted by molar-refractivity contribution is 5.99. The second-order valence-corrected chi connectivity index (χ2v) is 11.0. The van der Waals surface area contributed by atoms with Gasteiger partial charge in [-0.15, -0.1) is 0 Å². The second kappa shape index (κ2) is 14.2. The van der Waals surface area contributed by atoms with Crippen LogP contribution in [0.3, 0.4) is 0 Å². The van der Waals surface area contributed by atoms with Crippen LogP contribution in [-0.2, 0) is 6.42 Å². The third kappa shape index (κ3) is 7.91. The van der Waals surface area contributed by atoms with Crippen molar-refractivity contribution in [2.45, 2.75) is 58.3 Å². The molecule has 4 aromatic rings. The van der Waals surface area contributed by atoms with Gasteiger partial charge in [-0.25, -0.2) is 0 Å². The van der Waals surface area contributed by atoms with Gasteiger partial charge in [0.05, 0.1) is 25.3 Å². The number of benzene rings is 3. The van der Waals surface area contributed by atoms with Gasteiger partial charge < -0.3 is 30.2 Å². The van der Waals surface area contributed by atoms with Crippen LogP contribution in [0, 0.1) is 13.8 Å². The van der Waals surface area contributed by atoms with Crippen LogP contribution in [0.5, 0.6) is 5.75 Å². The Labute approximate surface area is 253 Å². The molecule has 0 aliphatic carbocycles. The predicted molar refractivity (Wildman–Crippen MR) is 167 cm³/mol. The summed E-state index contributed by atoms with van der Waals surface area (Å²) in [6.45, 7) is 7.80. The fraction of sp³-hybridized carbons (Fsp3) is 0.314. The lowest BCUT2D eigenvalue weighted by molar-refractivity contribution is 0.0182. The summed E-state index contributed by atoms with van der Waals surface area (Å²) in [5, 5.41) is 15.3. The van der Waals surface area contributed by atoms with Crippen LogP contribution < -0.4 is 15.8 Å². The highest BCUT2D eigenvalue weighted by Gasteiger charge is 2.36. The standard InChI is InChI=1S/C35H41N3O5/c1-22-17-28(34(36)40)20-29(18-22)35(41)38(25(4)33-16-11-23(2)43-33)31(19-26-9-7-6-8-10-26)32(39)21-37-24(3)27-12-14-30(42-5)15-13-27/h6-18,20,24-25,31-32,37,39H,19,21H2,1-5H3,(H2,36,40)/t24-,25?,31+,32-/m1/s1. The van der Waals surface area contributed by atoms with Gasteiger partial charge in [-0.1, -0.05) is 42.5 Å². The molecule has 4 atom stereocenters. The summed E-state index contributed by atoms with van der Waals surface area (Å²) < 4.78 is 11.3. The molecule has 0 aliphatic heterocycles. The summed E-state index contributed by atoms with van der Waals surface area (Å²) in [5.74, 6) is 1.13. The SMILES string of the molecule is COc1ccc([C@@H](C)NC[C@@H](O)[C@H](Cc2ccccc2)N(C(=O)c2cc(C)cc(C(N)=O)c2)C(C)c2ccc(C)o2)cc1. The molecule has 0 saturated heterocycles. The van der Waals surface area contributed by atoms with Crippen LogP contribution in [0.4, 0.5) is 0 Å². The Hall–Kier alpha value is -4.40. The molecular weight excluding hydrogens is 542 g/mol. The number of hydrogen-bond donors (Lipinski definition) is 3. The lowest BCUT2D eigenvalue weighted by Gasteiger charge is -2.39. The molecule has 8 nitrogen and oxygen atoms in total. The van der Waals surface area contributed by atoms with Crippen LogP contribution in [0.2, 0.25) is 0 Å². The number of aliphatic hydroxyl groups is 1. The smallest absolute Gasteiger partial charge is 0.254 e. The minimum Gasteiger partial charge on any atom is -0.497 e. The number of ether oxygens (including phenoxy) is 1. The van der Waals surface area contributed by atoms with E-state index < -0.39 is 24.1 Å². The number of nitrogens with two attached hydrogens (primary N) is 1. The molecule has 0 aliphatic rings. The monoisotopic (exact) mass is 583 g/mol. The summed E-state index contributed by atoms with van der Waals surface area (Å²) in [4.78, 5) is 28.2. The van der Waals surface area contributed by atoms with E-state index in [0.29, 0.717) is 17.7 Å². The first-order valence-corrected chi connectivity index (χ1v) is 14.5. The number of nitrogens with one attached hydrogen (secondary N) is 1. The fourth-order valence-corrected chi connectivity index (χ4v) is 5.35. The fourth-order valence-electron chi connectivity index (χ4n) is 5.35. The van der Waals surface area contributed by atoms with Crippen LogP contribution in [-0.4, -0.2) is 47.6 Å². The van der Waals surface area contributed by atoms with Crippen molar-refractivity contribution in [1.82, 2.24) is 10.2 Å². The molecule has 8 heteroatoms. The van der Waals surface area contributed by atoms with Crippen molar-refractivity contribution in [2.24, 2.45) is 5.73 Å². The maximum absolute atomic E-state index is 14.4. The largest absolute Gasteiger partial charge is 0.497 e. The zero-order valence-electron chi connectivity index (χ0n) is 25.4. The van der Waals surface area contributed by atoms with Gasteiger partial charge in [-0.05, 0) is 93.3 Å². The lowest BCUT2D eigenvalue weighted by atomic mass is 9.95. The van der Waals surface area contributed by atoms with E-state index in [1.165, 1.54) is 6.07 Å². The molecule has 0 radical (unpaired) electrons. The third-order valence-electron chi connectivity index (χ3n) is 7.77. The molecular formula is C35H41N3O5. The van der Waals surface area contributed by atoms with Crippen LogP contribution in [0.1, 0.15) is 74.9 Å². The molecule has 0 spiro atoms. The van der Waals surface area contributed by atoms with Gasteiger partial charge in [0.2, 0.25) is 5.91 Å². The Morgan fingerprint density at radius 1 is 0.953 bits per heavy atom. The molecule has 4 rings (SSSR count). The Morgan fingerprint density at radius 3 is 2.23 bits per heavy atom. The first-order chi connectivity index (χ1) is 20.6. The molecule has 1 aromatic heterocycles. The number of furan rings is 1. The van der Waals surface area contributed by atoms with E-state index in [1.807, 2.05) is 94.4 Å². The first-order valence-electron chi connectivity index (χ1n) is 14.5. The average Bonchev–Trinajstić information content (AvgIpc) is 3.45. The number of carbonyl (C=O) groups excluding carboxylic acids is 2. The van der Waals surface area contributed by atoms with Crippen molar-refractivity contribution in [1.29, 1.82) is 0 Å². The van der Waals surface area contributed by atoms with E-state index in [9.17, 15) is 14.7 Å². The molecule has 1 unspecified atom stereocenters. The Bertz CT molecular complexity index is 1520. The van der Waals surface area contributed by atoms with E-state index >= 15 is 0 Å². The number of amides is 2. The molecule has 0 fully saturated rings. The van der Waals surface area contributed by atoms with Crippen molar-refractivity contribution in [3.05, 3.63) is 124 Å². The van der Waals surface area contributed by atoms with Crippen molar-refractivity contribution in [2.75, 3.05) is 13.7 Å². The number of carbonyl (C=O) groups is 2. The molecule has 1 heterocycles.